The molecule has 0 aliphatic heterocycles. The molecule has 0 spiro atoms. The molecule has 16 heavy (non-hydrogen) atoms. The van der Waals surface area contributed by atoms with E-state index in [0.29, 0.717) is 11.1 Å². The van der Waals surface area contributed by atoms with Crippen molar-refractivity contribution in [3.05, 3.63) is 58.8 Å². The molecule has 0 saturated carbocycles. The highest BCUT2D eigenvalue weighted by Gasteiger charge is 2.12. The summed E-state index contributed by atoms with van der Waals surface area (Å²) in [6.07, 6.45) is 2.84. The first-order valence-electron chi connectivity index (χ1n) is 4.67. The molecule has 0 bridgehead atoms. The summed E-state index contributed by atoms with van der Waals surface area (Å²) in [5.41, 5.74) is 0.938. The van der Waals surface area contributed by atoms with Crippen LogP contribution in [0.15, 0.2) is 41.2 Å². The maximum atomic E-state index is 13.1. The Morgan fingerprint density at radius 1 is 1.38 bits per heavy atom. The lowest BCUT2D eigenvalue weighted by Gasteiger charge is -2.02. The smallest absolute Gasteiger partial charge is 0.170 e. The van der Waals surface area contributed by atoms with Crippen LogP contribution in [0.25, 0.3) is 0 Å². The molecule has 1 heterocycles. The molecule has 82 valence electrons. The number of hydrogen-bond acceptors (Lipinski definition) is 2. The minimum atomic E-state index is -0.515. The van der Waals surface area contributed by atoms with Gasteiger partial charge in [-0.3, -0.25) is 4.79 Å². The van der Waals surface area contributed by atoms with Crippen LogP contribution >= 0.6 is 11.6 Å². The second-order valence-corrected chi connectivity index (χ2v) is 3.70. The van der Waals surface area contributed by atoms with Gasteiger partial charge in [0.15, 0.2) is 5.78 Å². The van der Waals surface area contributed by atoms with Gasteiger partial charge in [0.25, 0.3) is 0 Å². The largest absolute Gasteiger partial charge is 0.472 e. The van der Waals surface area contributed by atoms with Crippen LogP contribution in [-0.2, 0) is 6.42 Å². The van der Waals surface area contributed by atoms with Gasteiger partial charge in [0.2, 0.25) is 0 Å². The van der Waals surface area contributed by atoms with E-state index in [1.165, 1.54) is 24.7 Å². The van der Waals surface area contributed by atoms with Crippen molar-refractivity contribution in [2.75, 3.05) is 0 Å². The molecule has 0 unspecified atom stereocenters. The molecule has 1 aromatic carbocycles. The van der Waals surface area contributed by atoms with Crippen LogP contribution in [0.1, 0.15) is 15.9 Å². The maximum absolute atomic E-state index is 13.1. The minimum absolute atomic E-state index is 0.000607. The summed E-state index contributed by atoms with van der Waals surface area (Å²) in [7, 11) is 0. The highest BCUT2D eigenvalue weighted by atomic mass is 35.5. The fourth-order valence-corrected chi connectivity index (χ4v) is 1.58. The lowest BCUT2D eigenvalue weighted by molar-refractivity contribution is 0.0992. The lowest BCUT2D eigenvalue weighted by Crippen LogP contribution is -2.03. The molecule has 0 atom stereocenters. The molecule has 0 aliphatic carbocycles. The minimum Gasteiger partial charge on any atom is -0.472 e. The zero-order chi connectivity index (χ0) is 11.5. The molecule has 0 saturated heterocycles. The van der Waals surface area contributed by atoms with Gasteiger partial charge in [-0.15, -0.1) is 0 Å². The van der Waals surface area contributed by atoms with Crippen LogP contribution in [0.5, 0.6) is 0 Å². The lowest BCUT2D eigenvalue weighted by atomic mass is 10.1. The van der Waals surface area contributed by atoms with Crippen molar-refractivity contribution in [2.45, 2.75) is 6.42 Å². The molecule has 0 amide bonds. The van der Waals surface area contributed by atoms with Crippen molar-refractivity contribution in [3.63, 3.8) is 0 Å². The van der Waals surface area contributed by atoms with E-state index in [1.54, 1.807) is 12.1 Å². The first kappa shape index (κ1) is 10.9. The molecule has 0 aliphatic rings. The Morgan fingerprint density at radius 2 is 2.19 bits per heavy atom. The van der Waals surface area contributed by atoms with Crippen molar-refractivity contribution in [2.24, 2.45) is 0 Å². The third-order valence-corrected chi connectivity index (χ3v) is 2.65. The van der Waals surface area contributed by atoms with Gasteiger partial charge in [-0.2, -0.15) is 0 Å². The van der Waals surface area contributed by atoms with Gasteiger partial charge in [0.1, 0.15) is 12.1 Å². The molecule has 2 rings (SSSR count). The summed E-state index contributed by atoms with van der Waals surface area (Å²) in [6.45, 7) is 0. The highest BCUT2D eigenvalue weighted by Crippen LogP contribution is 2.21. The molecule has 4 heteroatoms. The summed E-state index contributed by atoms with van der Waals surface area (Å²) in [5, 5.41) is -0.000607. The summed E-state index contributed by atoms with van der Waals surface area (Å²) >= 11 is 5.75. The second-order valence-electron chi connectivity index (χ2n) is 3.32. The van der Waals surface area contributed by atoms with Crippen LogP contribution in [0.3, 0.4) is 0 Å². The number of ketones is 1. The van der Waals surface area contributed by atoms with Crippen molar-refractivity contribution >= 4 is 17.4 Å². The topological polar surface area (TPSA) is 30.2 Å². The van der Waals surface area contributed by atoms with E-state index < -0.39 is 5.82 Å². The Labute approximate surface area is 96.6 Å². The number of Topliss-reactive ketones (excluding diaryl/α,β-unsaturated/α-hetero) is 1. The summed E-state index contributed by atoms with van der Waals surface area (Å²) in [6, 6.07) is 5.98. The molecule has 0 fully saturated rings. The predicted octanol–water partition coefficient (Wildman–Crippen LogP) is 3.50. The van der Waals surface area contributed by atoms with Crippen LogP contribution in [0, 0.1) is 5.82 Å². The molecule has 1 aromatic heterocycles. The summed E-state index contributed by atoms with van der Waals surface area (Å²) < 4.78 is 17.9. The number of carbonyl (C=O) groups excluding carboxylic acids is 1. The van der Waals surface area contributed by atoms with E-state index in [-0.39, 0.29) is 17.2 Å². The zero-order valence-electron chi connectivity index (χ0n) is 8.24. The van der Waals surface area contributed by atoms with E-state index in [1.807, 2.05) is 0 Å². The zero-order valence-corrected chi connectivity index (χ0v) is 9.00. The fraction of sp³-hybridized carbons (Fsp3) is 0.0833. The molecule has 2 aromatic rings. The van der Waals surface area contributed by atoms with Gasteiger partial charge in [-0.1, -0.05) is 23.7 Å². The molecule has 0 N–H and O–H groups in total. The standard InChI is InChI=1S/C12H8ClFO2/c13-12-8(2-1-3-10(12)14)6-11(15)9-4-5-16-7-9/h1-5,7H,6H2. The molecule has 0 radical (unpaired) electrons. The number of furan rings is 1. The molecular weight excluding hydrogens is 231 g/mol. The Balaban J connectivity index is 2.22. The van der Waals surface area contributed by atoms with Crippen molar-refractivity contribution in [3.8, 4) is 0 Å². The Hall–Kier alpha value is -1.61. The first-order valence-corrected chi connectivity index (χ1v) is 5.04. The van der Waals surface area contributed by atoms with Crippen molar-refractivity contribution in [1.82, 2.24) is 0 Å². The summed E-state index contributed by atoms with van der Waals surface area (Å²) in [5.74, 6) is -0.666. The number of halogens is 2. The average Bonchev–Trinajstić information content (AvgIpc) is 2.78. The molecule has 2 nitrogen and oxygen atoms in total. The maximum Gasteiger partial charge on any atom is 0.170 e. The second kappa shape index (κ2) is 4.49. The van der Waals surface area contributed by atoms with Crippen LogP contribution in [0.2, 0.25) is 5.02 Å². The highest BCUT2D eigenvalue weighted by molar-refractivity contribution is 6.31. The van der Waals surface area contributed by atoms with Crippen LogP contribution in [-0.4, -0.2) is 5.78 Å². The van der Waals surface area contributed by atoms with Gasteiger partial charge in [0.05, 0.1) is 16.8 Å². The predicted molar refractivity (Wildman–Crippen MR) is 58.2 cm³/mol. The van der Waals surface area contributed by atoms with E-state index in [9.17, 15) is 9.18 Å². The van der Waals surface area contributed by atoms with Gasteiger partial charge in [0, 0.05) is 6.42 Å². The van der Waals surface area contributed by atoms with Crippen LogP contribution < -0.4 is 0 Å². The normalized spacial score (nSPS) is 10.4. The van der Waals surface area contributed by atoms with E-state index in [4.69, 9.17) is 16.0 Å². The molecular formula is C12H8ClFO2. The third kappa shape index (κ3) is 2.14. The third-order valence-electron chi connectivity index (χ3n) is 2.23. The Bertz CT molecular complexity index is 506. The number of hydrogen-bond donors (Lipinski definition) is 0. The van der Waals surface area contributed by atoms with Gasteiger partial charge in [-0.05, 0) is 17.7 Å². The van der Waals surface area contributed by atoms with E-state index in [2.05, 4.69) is 0 Å². The first-order chi connectivity index (χ1) is 7.68. The monoisotopic (exact) mass is 238 g/mol. The van der Waals surface area contributed by atoms with Crippen LogP contribution in [0.4, 0.5) is 4.39 Å². The van der Waals surface area contributed by atoms with Gasteiger partial charge in [-0.25, -0.2) is 4.39 Å². The average molecular weight is 239 g/mol. The quantitative estimate of drug-likeness (QED) is 0.766. The number of benzene rings is 1. The SMILES string of the molecule is O=C(Cc1cccc(F)c1Cl)c1ccoc1. The number of rotatable bonds is 3. The van der Waals surface area contributed by atoms with E-state index >= 15 is 0 Å². The fourth-order valence-electron chi connectivity index (χ4n) is 1.38. The Morgan fingerprint density at radius 3 is 2.88 bits per heavy atom. The Kier molecular flexibility index (Phi) is 3.06. The van der Waals surface area contributed by atoms with E-state index in [0.717, 1.165) is 0 Å². The van der Waals surface area contributed by atoms with Crippen molar-refractivity contribution in [1.29, 1.82) is 0 Å². The van der Waals surface area contributed by atoms with Crippen molar-refractivity contribution < 1.29 is 13.6 Å². The van der Waals surface area contributed by atoms with Gasteiger partial charge < -0.3 is 4.42 Å². The van der Waals surface area contributed by atoms with Gasteiger partial charge >= 0.3 is 0 Å². The summed E-state index contributed by atoms with van der Waals surface area (Å²) in [4.78, 5) is 11.7. The number of carbonyl (C=O) groups is 1.